The standard InChI is InChI=1S/C51H65N3O11S/c1-26(36-14-15-37-46-38(25-43(59)51(36,37)3)50(2)18-17-31(57)20-27(50)21-40(46)58)7-16-44(60)54-39(48(63)64)6-4-5-19-52-49(66)53-28-8-11-32(35(22-28)47(61)62)45-33-12-9-29(55)23-41(33)65-42-24-30(56)10-13-34(42)45/h8-13,22-24,26-27,31,36-40,43,45-46,55-59H,4-7,14-21,25H2,1-3H3,(H,54,60)(H,61,62)(H,63,64)(H2,52,53,66)/t26-,27+,31-,36-,37+,38+,39+,40-,43+,46+,50+,51-/m1/s1. The molecule has 15 heteroatoms. The lowest BCUT2D eigenvalue weighted by Gasteiger charge is -2.63. The minimum atomic E-state index is -1.16. The summed E-state index contributed by atoms with van der Waals surface area (Å²) >= 11 is 5.51. The van der Waals surface area contributed by atoms with Gasteiger partial charge in [-0.25, -0.2) is 9.59 Å². The molecule has 0 saturated heterocycles. The summed E-state index contributed by atoms with van der Waals surface area (Å²) < 4.78 is 5.97. The second-order valence-corrected chi connectivity index (χ2v) is 20.9. The van der Waals surface area contributed by atoms with E-state index in [9.17, 15) is 50.1 Å². The number of ether oxygens (including phenoxy) is 1. The number of anilines is 1. The van der Waals surface area contributed by atoms with E-state index in [2.05, 4.69) is 36.7 Å². The van der Waals surface area contributed by atoms with Crippen LogP contribution in [0.2, 0.25) is 0 Å². The summed E-state index contributed by atoms with van der Waals surface area (Å²) in [6.45, 7) is 7.05. The van der Waals surface area contributed by atoms with Gasteiger partial charge in [0.15, 0.2) is 5.11 Å². The Balaban J connectivity index is 0.805. The molecule has 1 amide bonds. The normalized spacial score (nSPS) is 30.8. The molecule has 4 aliphatic carbocycles. The molecule has 0 bridgehead atoms. The number of aromatic hydroxyl groups is 2. The van der Waals surface area contributed by atoms with E-state index < -0.39 is 36.1 Å². The molecule has 66 heavy (non-hydrogen) atoms. The van der Waals surface area contributed by atoms with Gasteiger partial charge < -0.3 is 56.4 Å². The van der Waals surface area contributed by atoms with Crippen LogP contribution in [0.5, 0.6) is 23.0 Å². The predicted molar refractivity (Wildman–Crippen MR) is 251 cm³/mol. The van der Waals surface area contributed by atoms with Gasteiger partial charge in [0, 0.05) is 47.8 Å². The molecule has 3 aromatic carbocycles. The van der Waals surface area contributed by atoms with Crippen molar-refractivity contribution in [3.63, 3.8) is 0 Å². The molecule has 12 atom stereocenters. The first-order chi connectivity index (χ1) is 31.4. The van der Waals surface area contributed by atoms with Gasteiger partial charge in [-0.3, -0.25) is 4.79 Å². The number of hydrogen-bond donors (Lipinski definition) is 10. The number of carbonyl (C=O) groups is 3. The number of carboxylic acid groups (broad SMARTS) is 2. The predicted octanol–water partition coefficient (Wildman–Crippen LogP) is 7.49. The van der Waals surface area contributed by atoms with Gasteiger partial charge in [0.25, 0.3) is 0 Å². The van der Waals surface area contributed by atoms with Crippen LogP contribution in [0.3, 0.4) is 0 Å². The molecular formula is C51H65N3O11S. The lowest BCUT2D eigenvalue weighted by atomic mass is 9.43. The Morgan fingerprint density at radius 3 is 2.18 bits per heavy atom. The summed E-state index contributed by atoms with van der Waals surface area (Å²) in [5.74, 6) is -1.50. The molecule has 1 aliphatic heterocycles. The fourth-order valence-corrected chi connectivity index (χ4v) is 13.7. The van der Waals surface area contributed by atoms with Crippen LogP contribution in [0.4, 0.5) is 5.69 Å². The van der Waals surface area contributed by atoms with E-state index in [0.717, 1.165) is 32.1 Å². The molecule has 0 spiro atoms. The van der Waals surface area contributed by atoms with Crippen molar-refractivity contribution < 1.29 is 54.9 Å². The highest BCUT2D eigenvalue weighted by molar-refractivity contribution is 7.80. The average molecular weight is 928 g/mol. The molecule has 14 nitrogen and oxygen atoms in total. The largest absolute Gasteiger partial charge is 0.508 e. The van der Waals surface area contributed by atoms with E-state index in [1.807, 2.05) is 0 Å². The highest BCUT2D eigenvalue weighted by atomic mass is 32.1. The van der Waals surface area contributed by atoms with Crippen LogP contribution in [0.15, 0.2) is 54.6 Å². The maximum Gasteiger partial charge on any atom is 0.336 e. The van der Waals surface area contributed by atoms with Gasteiger partial charge in [0.1, 0.15) is 29.0 Å². The minimum absolute atomic E-state index is 0.00377. The van der Waals surface area contributed by atoms with Crippen LogP contribution in [0.1, 0.15) is 131 Å². The molecule has 4 fully saturated rings. The quantitative estimate of drug-likeness (QED) is 0.0436. The van der Waals surface area contributed by atoms with Gasteiger partial charge in [0.05, 0.1) is 23.9 Å². The third kappa shape index (κ3) is 9.07. The molecule has 5 aliphatic rings. The maximum absolute atomic E-state index is 13.2. The van der Waals surface area contributed by atoms with Gasteiger partial charge in [-0.2, -0.15) is 0 Å². The number of amides is 1. The van der Waals surface area contributed by atoms with E-state index in [-0.39, 0.29) is 93.4 Å². The monoisotopic (exact) mass is 927 g/mol. The Morgan fingerprint density at radius 1 is 0.833 bits per heavy atom. The van der Waals surface area contributed by atoms with Gasteiger partial charge >= 0.3 is 11.9 Å². The van der Waals surface area contributed by atoms with Gasteiger partial charge in [0.2, 0.25) is 5.91 Å². The molecule has 4 saturated carbocycles. The van der Waals surface area contributed by atoms with Crippen LogP contribution in [0.25, 0.3) is 0 Å². The molecule has 8 rings (SSSR count). The number of carbonyl (C=O) groups excluding carboxylic acids is 1. The number of aromatic carboxylic acids is 1. The maximum atomic E-state index is 13.2. The molecule has 356 valence electrons. The zero-order valence-electron chi connectivity index (χ0n) is 37.9. The van der Waals surface area contributed by atoms with E-state index in [0.29, 0.717) is 72.5 Å². The van der Waals surface area contributed by atoms with Crippen molar-refractivity contribution in [1.29, 1.82) is 0 Å². The topological polar surface area (TPSA) is 238 Å². The first kappa shape index (κ1) is 47.5. The number of aliphatic hydroxyl groups excluding tert-OH is 3. The van der Waals surface area contributed by atoms with E-state index in [1.165, 1.54) is 30.3 Å². The van der Waals surface area contributed by atoms with Crippen molar-refractivity contribution in [1.82, 2.24) is 10.6 Å². The van der Waals surface area contributed by atoms with Crippen LogP contribution in [0, 0.1) is 46.3 Å². The lowest BCUT2D eigenvalue weighted by Crippen LogP contribution is -2.62. The SMILES string of the molecule is C[C@H](CCC(=O)N[C@@H](CCCCNC(=S)Nc1ccc(C2c3ccc(O)cc3Oc3cc(O)ccc32)c(C(=O)O)c1)C(=O)O)[C@H]1CC[C@H]2[C@@H]3[C@H](O)C[C@@H]4C[C@H](O)CC[C@]4(C)[C@H]3C[C@H](O)[C@]12C. The fraction of sp³-hybridized carbons (Fsp3) is 0.569. The number of rotatable bonds is 14. The summed E-state index contributed by atoms with van der Waals surface area (Å²) in [6.07, 6.45) is 6.28. The second kappa shape index (κ2) is 19.0. The molecule has 0 unspecified atom stereocenters. The van der Waals surface area contributed by atoms with E-state index in [4.69, 9.17) is 17.0 Å². The first-order valence-corrected chi connectivity index (χ1v) is 24.1. The summed E-state index contributed by atoms with van der Waals surface area (Å²) in [7, 11) is 0. The zero-order chi connectivity index (χ0) is 47.2. The zero-order valence-corrected chi connectivity index (χ0v) is 38.7. The van der Waals surface area contributed by atoms with Crippen molar-refractivity contribution in [2.24, 2.45) is 46.3 Å². The molecule has 3 aromatic rings. The van der Waals surface area contributed by atoms with Crippen molar-refractivity contribution in [3.8, 4) is 23.0 Å². The number of hydrogen-bond acceptors (Lipinski definition) is 10. The number of benzene rings is 3. The molecular weight excluding hydrogens is 863 g/mol. The van der Waals surface area contributed by atoms with Gasteiger partial charge in [-0.1, -0.05) is 39.0 Å². The third-order valence-corrected chi connectivity index (χ3v) is 17.1. The summed E-state index contributed by atoms with van der Waals surface area (Å²) in [4.78, 5) is 38.1. The van der Waals surface area contributed by atoms with E-state index in [1.54, 1.807) is 24.3 Å². The minimum Gasteiger partial charge on any atom is -0.508 e. The Morgan fingerprint density at radius 2 is 1.52 bits per heavy atom. The number of nitrogens with one attached hydrogen (secondary N) is 3. The summed E-state index contributed by atoms with van der Waals surface area (Å²) in [6, 6.07) is 13.1. The number of aliphatic carboxylic acids is 1. The van der Waals surface area contributed by atoms with Crippen molar-refractivity contribution in [2.75, 3.05) is 11.9 Å². The number of carboxylic acids is 2. The summed E-state index contributed by atoms with van der Waals surface area (Å²) in [5.41, 5.74) is 1.82. The Labute approximate surface area is 391 Å². The van der Waals surface area contributed by atoms with Crippen LogP contribution < -0.4 is 20.7 Å². The number of thiocarbonyl (C=S) groups is 1. The third-order valence-electron chi connectivity index (χ3n) is 16.9. The smallest absolute Gasteiger partial charge is 0.336 e. The second-order valence-electron chi connectivity index (χ2n) is 20.5. The number of fused-ring (bicyclic) bond motifs is 7. The van der Waals surface area contributed by atoms with Crippen LogP contribution in [-0.2, 0) is 9.59 Å². The highest BCUT2D eigenvalue weighted by Crippen LogP contribution is 2.68. The van der Waals surface area contributed by atoms with Crippen LogP contribution in [-0.4, -0.2) is 89.6 Å². The Bertz CT molecular complexity index is 2290. The Hall–Kier alpha value is -4.96. The van der Waals surface area contributed by atoms with Crippen molar-refractivity contribution in [2.45, 2.75) is 128 Å². The fourth-order valence-electron chi connectivity index (χ4n) is 13.5. The first-order valence-electron chi connectivity index (χ1n) is 23.7. The number of phenolic OH excluding ortho intramolecular Hbond substituents is 2. The number of aliphatic hydroxyl groups is 3. The molecule has 0 aromatic heterocycles. The van der Waals surface area contributed by atoms with Gasteiger partial charge in [-0.05, 0) is 159 Å². The Kier molecular flexibility index (Phi) is 13.7. The lowest BCUT2D eigenvalue weighted by molar-refractivity contribution is -0.207. The summed E-state index contributed by atoms with van der Waals surface area (Å²) in [5, 5.41) is 83.7. The van der Waals surface area contributed by atoms with Crippen molar-refractivity contribution in [3.05, 3.63) is 76.9 Å². The number of unbranched alkanes of at least 4 members (excludes halogenated alkanes) is 1. The average Bonchev–Trinajstić information content (AvgIpc) is 3.63. The van der Waals surface area contributed by atoms with Crippen LogP contribution >= 0.6 is 12.2 Å². The van der Waals surface area contributed by atoms with E-state index >= 15 is 0 Å². The van der Waals surface area contributed by atoms with Gasteiger partial charge in [-0.15, -0.1) is 0 Å². The molecule has 10 N–H and O–H groups in total. The van der Waals surface area contributed by atoms with Crippen molar-refractivity contribution >= 4 is 40.9 Å². The molecule has 0 radical (unpaired) electrons. The number of phenols is 2. The highest BCUT2D eigenvalue weighted by Gasteiger charge is 2.65. The molecule has 1 heterocycles.